The van der Waals surface area contributed by atoms with Crippen LogP contribution >= 0.6 is 0 Å². The highest BCUT2D eigenvalue weighted by molar-refractivity contribution is 5.50. The average molecular weight is 411 g/mol. The topological polar surface area (TPSA) is 109 Å². The van der Waals surface area contributed by atoms with E-state index in [-0.39, 0.29) is 23.5 Å². The molecule has 10 heteroatoms. The van der Waals surface area contributed by atoms with Crippen LogP contribution in [0.2, 0.25) is 0 Å². The van der Waals surface area contributed by atoms with E-state index in [0.717, 1.165) is 24.8 Å². The molecule has 7 N–H and O–H groups in total. The van der Waals surface area contributed by atoms with E-state index in [2.05, 4.69) is 15.6 Å². The SMILES string of the molecule is NC1=CCCN/C1=C(\N)C1=C(F)C[C@H]([C@@H](O)Nc2cc(C(F)(F)F)ccn2)C=C1. The molecule has 0 spiro atoms. The van der Waals surface area contributed by atoms with Crippen molar-refractivity contribution in [2.24, 2.45) is 17.4 Å². The lowest BCUT2D eigenvalue weighted by molar-refractivity contribution is -0.137. The number of allylic oxidation sites excluding steroid dienone is 2. The second-order valence-corrected chi connectivity index (χ2v) is 6.73. The number of halogens is 4. The third-order valence-corrected chi connectivity index (χ3v) is 4.66. The van der Waals surface area contributed by atoms with Crippen LogP contribution in [-0.4, -0.2) is 22.9 Å². The Hall–Kier alpha value is -3.01. The number of nitrogens with zero attached hydrogens (tertiary/aromatic N) is 1. The molecule has 0 aromatic carbocycles. The van der Waals surface area contributed by atoms with Gasteiger partial charge in [-0.3, -0.25) is 0 Å². The third kappa shape index (κ3) is 4.70. The zero-order valence-corrected chi connectivity index (χ0v) is 15.3. The fourth-order valence-corrected chi connectivity index (χ4v) is 3.11. The molecule has 29 heavy (non-hydrogen) atoms. The first-order valence-corrected chi connectivity index (χ1v) is 8.91. The number of nitrogens with one attached hydrogen (secondary N) is 2. The summed E-state index contributed by atoms with van der Waals surface area (Å²) in [5, 5.41) is 15.8. The number of anilines is 1. The van der Waals surface area contributed by atoms with Gasteiger partial charge in [-0.2, -0.15) is 13.2 Å². The number of aromatic nitrogens is 1. The Balaban J connectivity index is 1.73. The summed E-state index contributed by atoms with van der Waals surface area (Å²) in [6.07, 6.45) is 0.422. The van der Waals surface area contributed by atoms with E-state index in [0.29, 0.717) is 17.9 Å². The van der Waals surface area contributed by atoms with Crippen LogP contribution in [0.4, 0.5) is 23.4 Å². The largest absolute Gasteiger partial charge is 0.416 e. The maximum absolute atomic E-state index is 14.7. The Labute approximate surface area is 164 Å². The molecule has 0 amide bonds. The fourth-order valence-electron chi connectivity index (χ4n) is 3.11. The average Bonchev–Trinajstić information content (AvgIpc) is 2.67. The maximum atomic E-state index is 14.7. The van der Waals surface area contributed by atoms with Crippen LogP contribution in [0.5, 0.6) is 0 Å². The van der Waals surface area contributed by atoms with Gasteiger partial charge in [-0.15, -0.1) is 0 Å². The normalized spacial score (nSPS) is 22.7. The fraction of sp³-hybridized carbons (Fsp3) is 0.316. The third-order valence-electron chi connectivity index (χ3n) is 4.66. The number of pyridine rings is 1. The molecule has 1 aliphatic carbocycles. The zero-order valence-electron chi connectivity index (χ0n) is 15.3. The first-order valence-electron chi connectivity index (χ1n) is 8.91. The van der Waals surface area contributed by atoms with E-state index in [9.17, 15) is 22.7 Å². The number of hydrogen-bond donors (Lipinski definition) is 5. The number of aliphatic hydroxyl groups excluding tert-OH is 1. The number of aliphatic hydroxyl groups is 1. The molecule has 0 saturated carbocycles. The molecule has 0 saturated heterocycles. The predicted octanol–water partition coefficient (Wildman–Crippen LogP) is 2.64. The number of rotatable bonds is 4. The van der Waals surface area contributed by atoms with Crippen LogP contribution in [0, 0.1) is 5.92 Å². The lowest BCUT2D eigenvalue weighted by Crippen LogP contribution is -2.31. The lowest BCUT2D eigenvalue weighted by atomic mass is 9.92. The monoisotopic (exact) mass is 411 g/mol. The number of alkyl halides is 3. The number of hydrogen-bond acceptors (Lipinski definition) is 6. The molecule has 1 aromatic rings. The van der Waals surface area contributed by atoms with Crippen molar-refractivity contribution in [1.82, 2.24) is 10.3 Å². The molecule has 6 nitrogen and oxygen atoms in total. The molecule has 156 valence electrons. The highest BCUT2D eigenvalue weighted by Crippen LogP contribution is 2.33. The summed E-state index contributed by atoms with van der Waals surface area (Å²) in [4.78, 5) is 3.76. The minimum atomic E-state index is -4.53. The van der Waals surface area contributed by atoms with E-state index >= 15 is 0 Å². The zero-order chi connectivity index (χ0) is 21.2. The molecule has 2 aliphatic rings. The van der Waals surface area contributed by atoms with E-state index < -0.39 is 29.7 Å². The van der Waals surface area contributed by atoms with Crippen molar-refractivity contribution in [3.63, 3.8) is 0 Å². The summed E-state index contributed by atoms with van der Waals surface area (Å²) in [6.45, 7) is 0.630. The summed E-state index contributed by atoms with van der Waals surface area (Å²) < 4.78 is 53.0. The van der Waals surface area contributed by atoms with Gasteiger partial charge in [-0.25, -0.2) is 9.37 Å². The maximum Gasteiger partial charge on any atom is 0.416 e. The molecule has 0 radical (unpaired) electrons. The summed E-state index contributed by atoms with van der Waals surface area (Å²) in [5.74, 6) is -1.44. The Morgan fingerprint density at radius 2 is 2.14 bits per heavy atom. The molecule has 1 aromatic heterocycles. The van der Waals surface area contributed by atoms with E-state index in [1.807, 2.05) is 0 Å². The van der Waals surface area contributed by atoms with Crippen molar-refractivity contribution in [3.8, 4) is 0 Å². The van der Waals surface area contributed by atoms with E-state index in [1.165, 1.54) is 6.08 Å². The molecular weight excluding hydrogens is 390 g/mol. The summed E-state index contributed by atoms with van der Waals surface area (Å²) in [5.41, 5.74) is 12.3. The van der Waals surface area contributed by atoms with Gasteiger partial charge in [-0.05, 0) is 18.6 Å². The van der Waals surface area contributed by atoms with Gasteiger partial charge < -0.3 is 27.2 Å². The van der Waals surface area contributed by atoms with Gasteiger partial charge in [0.05, 0.1) is 22.7 Å². The standard InChI is InChI=1S/C19H21F4N5O/c20-13-8-10(3-4-12(13)16(25)17-14(24)2-1-6-27-17)18(29)28-15-9-11(5-7-26-15)19(21,22)23/h2-5,7,9-10,18,27,29H,1,6,8,24-25H2,(H,26,28)/b17-16-/t10-,18-/m1/s1. The molecular formula is C19H21F4N5O. The second-order valence-electron chi connectivity index (χ2n) is 6.73. The molecule has 3 rings (SSSR count). The van der Waals surface area contributed by atoms with E-state index in [4.69, 9.17) is 11.5 Å². The number of nitrogens with two attached hydrogens (primary N) is 2. The van der Waals surface area contributed by atoms with Crippen molar-refractivity contribution in [2.75, 3.05) is 11.9 Å². The summed E-state index contributed by atoms with van der Waals surface area (Å²) >= 11 is 0. The second kappa shape index (κ2) is 8.16. The van der Waals surface area contributed by atoms with Crippen molar-refractivity contribution in [3.05, 3.63) is 70.6 Å². The smallest absolute Gasteiger partial charge is 0.397 e. The van der Waals surface area contributed by atoms with Crippen LogP contribution in [0.1, 0.15) is 18.4 Å². The van der Waals surface area contributed by atoms with Crippen LogP contribution in [0.15, 0.2) is 65.0 Å². The van der Waals surface area contributed by atoms with Crippen molar-refractivity contribution >= 4 is 5.82 Å². The molecule has 2 atom stereocenters. The molecule has 2 heterocycles. The van der Waals surface area contributed by atoms with Crippen molar-refractivity contribution in [1.29, 1.82) is 0 Å². The molecule has 0 unspecified atom stereocenters. The predicted molar refractivity (Wildman–Crippen MR) is 100 cm³/mol. The Morgan fingerprint density at radius 1 is 1.38 bits per heavy atom. The quantitative estimate of drug-likeness (QED) is 0.385. The van der Waals surface area contributed by atoms with Crippen molar-refractivity contribution < 1.29 is 22.7 Å². The van der Waals surface area contributed by atoms with Gasteiger partial charge >= 0.3 is 6.18 Å². The summed E-state index contributed by atoms with van der Waals surface area (Å²) in [7, 11) is 0. The van der Waals surface area contributed by atoms with Gasteiger partial charge in [0.25, 0.3) is 0 Å². The Bertz CT molecular complexity index is 904. The van der Waals surface area contributed by atoms with Gasteiger partial charge in [-0.1, -0.05) is 18.2 Å². The highest BCUT2D eigenvalue weighted by atomic mass is 19.4. The van der Waals surface area contributed by atoms with Crippen LogP contribution in [0.25, 0.3) is 0 Å². The molecule has 0 fully saturated rings. The van der Waals surface area contributed by atoms with Crippen LogP contribution < -0.4 is 22.1 Å². The summed E-state index contributed by atoms with van der Waals surface area (Å²) in [6, 6.07) is 1.60. The van der Waals surface area contributed by atoms with Crippen molar-refractivity contribution in [2.45, 2.75) is 25.2 Å². The van der Waals surface area contributed by atoms with E-state index in [1.54, 1.807) is 12.2 Å². The first-order chi connectivity index (χ1) is 13.7. The first kappa shape index (κ1) is 20.7. The van der Waals surface area contributed by atoms with Crippen LogP contribution in [0.3, 0.4) is 0 Å². The van der Waals surface area contributed by atoms with Gasteiger partial charge in [0.1, 0.15) is 17.9 Å². The van der Waals surface area contributed by atoms with Gasteiger partial charge in [0, 0.05) is 30.7 Å². The Kier molecular flexibility index (Phi) is 5.83. The molecule has 0 bridgehead atoms. The minimum Gasteiger partial charge on any atom is -0.397 e. The van der Waals surface area contributed by atoms with Gasteiger partial charge in [0.15, 0.2) is 0 Å². The highest BCUT2D eigenvalue weighted by Gasteiger charge is 2.31. The minimum absolute atomic E-state index is 0.159. The Morgan fingerprint density at radius 3 is 2.79 bits per heavy atom. The lowest BCUT2D eigenvalue weighted by Gasteiger charge is -2.26. The van der Waals surface area contributed by atoms with Gasteiger partial charge in [0.2, 0.25) is 0 Å². The van der Waals surface area contributed by atoms with Crippen LogP contribution in [-0.2, 0) is 6.18 Å². The molecule has 1 aliphatic heterocycles.